The van der Waals surface area contributed by atoms with Crippen LogP contribution < -0.4 is 0 Å². The van der Waals surface area contributed by atoms with Crippen LogP contribution in [0.15, 0.2) is 18.3 Å². The van der Waals surface area contributed by atoms with Gasteiger partial charge in [-0.3, -0.25) is 9.89 Å². The van der Waals surface area contributed by atoms with Crippen molar-refractivity contribution in [1.29, 1.82) is 0 Å². The Balaban J connectivity index is 1.65. The van der Waals surface area contributed by atoms with Gasteiger partial charge >= 0.3 is 0 Å². The van der Waals surface area contributed by atoms with Crippen LogP contribution in [0.1, 0.15) is 64.1 Å². The van der Waals surface area contributed by atoms with Crippen molar-refractivity contribution in [3.05, 3.63) is 52.0 Å². The number of aryl methyl sites for hydroxylation is 4. The SMILES string of the molecule is CCc1cn[nH]c1[C@@H]1CCCN(C(=O)c2[nH]c3c(C)ccc(C)c3c2C)C1. The minimum atomic E-state index is 0.116. The molecule has 2 N–H and O–H groups in total. The number of aromatic nitrogens is 3. The van der Waals surface area contributed by atoms with E-state index in [1.54, 1.807) is 0 Å². The van der Waals surface area contributed by atoms with Crippen molar-refractivity contribution in [3.8, 4) is 0 Å². The van der Waals surface area contributed by atoms with Crippen LogP contribution in [0.4, 0.5) is 0 Å². The smallest absolute Gasteiger partial charge is 0.270 e. The molecule has 1 aromatic carbocycles. The van der Waals surface area contributed by atoms with E-state index in [1.807, 2.05) is 11.1 Å². The molecular weight excluding hydrogens is 336 g/mol. The van der Waals surface area contributed by atoms with Crippen molar-refractivity contribution in [3.63, 3.8) is 0 Å². The molecule has 5 nitrogen and oxygen atoms in total. The molecule has 1 atom stereocenters. The van der Waals surface area contributed by atoms with E-state index in [4.69, 9.17) is 0 Å². The van der Waals surface area contributed by atoms with E-state index in [2.05, 4.69) is 55.0 Å². The molecule has 0 saturated carbocycles. The fourth-order valence-electron chi connectivity index (χ4n) is 4.52. The van der Waals surface area contributed by atoms with Crippen LogP contribution >= 0.6 is 0 Å². The van der Waals surface area contributed by atoms with Crippen molar-refractivity contribution in [2.24, 2.45) is 0 Å². The van der Waals surface area contributed by atoms with Crippen molar-refractivity contribution in [1.82, 2.24) is 20.1 Å². The second-order valence-electron chi connectivity index (χ2n) is 7.83. The van der Waals surface area contributed by atoms with Crippen LogP contribution in [0.25, 0.3) is 10.9 Å². The second-order valence-corrected chi connectivity index (χ2v) is 7.83. The molecule has 1 saturated heterocycles. The lowest BCUT2D eigenvalue weighted by molar-refractivity contribution is 0.0700. The summed E-state index contributed by atoms with van der Waals surface area (Å²) >= 11 is 0. The average Bonchev–Trinajstić information content (AvgIpc) is 3.29. The number of hydrogen-bond donors (Lipinski definition) is 2. The van der Waals surface area contributed by atoms with Gasteiger partial charge < -0.3 is 9.88 Å². The van der Waals surface area contributed by atoms with Gasteiger partial charge in [-0.15, -0.1) is 0 Å². The fraction of sp³-hybridized carbons (Fsp3) is 0.455. The fourth-order valence-corrected chi connectivity index (χ4v) is 4.52. The van der Waals surface area contributed by atoms with Gasteiger partial charge in [-0.2, -0.15) is 5.10 Å². The first-order chi connectivity index (χ1) is 13.0. The van der Waals surface area contributed by atoms with Crippen LogP contribution in [0.3, 0.4) is 0 Å². The van der Waals surface area contributed by atoms with Crippen LogP contribution in [-0.4, -0.2) is 39.1 Å². The van der Waals surface area contributed by atoms with Gasteiger partial charge in [0.2, 0.25) is 0 Å². The molecule has 1 amide bonds. The summed E-state index contributed by atoms with van der Waals surface area (Å²) in [4.78, 5) is 18.8. The van der Waals surface area contributed by atoms with Crippen molar-refractivity contribution < 1.29 is 4.79 Å². The first-order valence-electron chi connectivity index (χ1n) is 9.91. The summed E-state index contributed by atoms with van der Waals surface area (Å²) in [5.41, 5.74) is 7.76. The monoisotopic (exact) mass is 364 g/mol. The predicted octanol–water partition coefficient (Wildman–Crippen LogP) is 4.40. The number of nitrogens with zero attached hydrogens (tertiary/aromatic N) is 2. The number of aromatic amines is 2. The van der Waals surface area contributed by atoms with E-state index in [0.29, 0.717) is 5.92 Å². The number of rotatable bonds is 3. The molecule has 142 valence electrons. The minimum Gasteiger partial charge on any atom is -0.350 e. The maximum atomic E-state index is 13.4. The highest BCUT2D eigenvalue weighted by Crippen LogP contribution is 2.31. The number of nitrogens with one attached hydrogen (secondary N) is 2. The summed E-state index contributed by atoms with van der Waals surface area (Å²) in [6, 6.07) is 4.25. The Labute approximate surface area is 160 Å². The molecule has 1 aliphatic heterocycles. The van der Waals surface area contributed by atoms with Gasteiger partial charge in [-0.25, -0.2) is 0 Å². The van der Waals surface area contributed by atoms with Crippen LogP contribution in [0, 0.1) is 20.8 Å². The summed E-state index contributed by atoms with van der Waals surface area (Å²) in [5, 5.41) is 8.59. The van der Waals surface area contributed by atoms with E-state index < -0.39 is 0 Å². The van der Waals surface area contributed by atoms with Crippen molar-refractivity contribution in [2.45, 2.75) is 52.9 Å². The number of piperidine rings is 1. The van der Waals surface area contributed by atoms with Crippen LogP contribution in [-0.2, 0) is 6.42 Å². The number of H-pyrrole nitrogens is 2. The van der Waals surface area contributed by atoms with Gasteiger partial charge in [-0.1, -0.05) is 19.1 Å². The highest BCUT2D eigenvalue weighted by Gasteiger charge is 2.29. The molecular formula is C22H28N4O. The van der Waals surface area contributed by atoms with Gasteiger partial charge in [-0.05, 0) is 62.3 Å². The van der Waals surface area contributed by atoms with Crippen molar-refractivity contribution in [2.75, 3.05) is 13.1 Å². The third-order valence-electron chi connectivity index (χ3n) is 6.08. The topological polar surface area (TPSA) is 64.8 Å². The summed E-state index contributed by atoms with van der Waals surface area (Å²) in [6.07, 6.45) is 5.01. The lowest BCUT2D eigenvalue weighted by atomic mass is 9.91. The standard InChI is InChI=1S/C22H28N4O/c1-5-16-11-23-25-21(16)17-7-6-10-26(12-17)22(27)20-15(4)18-13(2)8-9-14(3)19(18)24-20/h8-9,11,17,24H,5-7,10,12H2,1-4H3,(H,23,25)/t17-/m1/s1. The van der Waals surface area contributed by atoms with Crippen LogP contribution in [0.2, 0.25) is 0 Å². The minimum absolute atomic E-state index is 0.116. The molecule has 5 heteroatoms. The third-order valence-corrected chi connectivity index (χ3v) is 6.08. The molecule has 0 radical (unpaired) electrons. The number of hydrogen-bond acceptors (Lipinski definition) is 2. The highest BCUT2D eigenvalue weighted by molar-refractivity contribution is 6.02. The molecule has 2 aromatic heterocycles. The van der Waals surface area contributed by atoms with Gasteiger partial charge in [0.25, 0.3) is 5.91 Å². The van der Waals surface area contributed by atoms with Crippen LogP contribution in [0.5, 0.6) is 0 Å². The molecule has 27 heavy (non-hydrogen) atoms. The molecule has 0 spiro atoms. The van der Waals surface area contributed by atoms with Gasteiger partial charge in [0.15, 0.2) is 0 Å². The molecule has 0 bridgehead atoms. The average molecular weight is 364 g/mol. The maximum Gasteiger partial charge on any atom is 0.270 e. The Bertz CT molecular complexity index is 997. The number of likely N-dealkylation sites (tertiary alicyclic amines) is 1. The predicted molar refractivity (Wildman–Crippen MR) is 108 cm³/mol. The zero-order chi connectivity index (χ0) is 19.1. The van der Waals surface area contributed by atoms with E-state index in [0.717, 1.165) is 49.1 Å². The molecule has 3 aromatic rings. The van der Waals surface area contributed by atoms with E-state index >= 15 is 0 Å². The molecule has 1 aliphatic rings. The third kappa shape index (κ3) is 2.95. The van der Waals surface area contributed by atoms with E-state index in [1.165, 1.54) is 27.8 Å². The maximum absolute atomic E-state index is 13.4. The number of benzene rings is 1. The molecule has 0 unspecified atom stereocenters. The number of fused-ring (bicyclic) bond motifs is 1. The number of carbonyl (C=O) groups is 1. The highest BCUT2D eigenvalue weighted by atomic mass is 16.2. The Hall–Kier alpha value is -2.56. The first-order valence-corrected chi connectivity index (χ1v) is 9.91. The number of amides is 1. The van der Waals surface area contributed by atoms with Crippen molar-refractivity contribution >= 4 is 16.8 Å². The molecule has 0 aliphatic carbocycles. The molecule has 1 fully saturated rings. The van der Waals surface area contributed by atoms with Gasteiger partial charge in [0.05, 0.1) is 6.20 Å². The summed E-state index contributed by atoms with van der Waals surface area (Å²) in [6.45, 7) is 9.98. The molecule has 4 rings (SSSR count). The second kappa shape index (κ2) is 6.87. The molecule has 3 heterocycles. The number of carbonyl (C=O) groups excluding carboxylic acids is 1. The Morgan fingerprint density at radius 1 is 1.26 bits per heavy atom. The van der Waals surface area contributed by atoms with E-state index in [9.17, 15) is 4.79 Å². The zero-order valence-corrected chi connectivity index (χ0v) is 16.6. The zero-order valence-electron chi connectivity index (χ0n) is 16.6. The summed E-state index contributed by atoms with van der Waals surface area (Å²) < 4.78 is 0. The Kier molecular flexibility index (Phi) is 4.54. The quantitative estimate of drug-likeness (QED) is 0.723. The normalized spacial score (nSPS) is 17.6. The summed E-state index contributed by atoms with van der Waals surface area (Å²) in [7, 11) is 0. The largest absolute Gasteiger partial charge is 0.350 e. The lowest BCUT2D eigenvalue weighted by Gasteiger charge is -2.32. The Morgan fingerprint density at radius 3 is 2.78 bits per heavy atom. The Morgan fingerprint density at radius 2 is 2.04 bits per heavy atom. The van der Waals surface area contributed by atoms with E-state index in [-0.39, 0.29) is 5.91 Å². The summed E-state index contributed by atoms with van der Waals surface area (Å²) in [5.74, 6) is 0.457. The first kappa shape index (κ1) is 17.8. The van der Waals surface area contributed by atoms with Gasteiger partial charge in [0.1, 0.15) is 5.69 Å². The van der Waals surface area contributed by atoms with Gasteiger partial charge in [0, 0.05) is 35.6 Å². The lowest BCUT2D eigenvalue weighted by Crippen LogP contribution is -2.39.